The van der Waals surface area contributed by atoms with Gasteiger partial charge in [0.2, 0.25) is 5.91 Å². The van der Waals surface area contributed by atoms with E-state index in [2.05, 4.69) is 37.8 Å². The van der Waals surface area contributed by atoms with Crippen LogP contribution in [0.5, 0.6) is 0 Å². The normalized spacial score (nSPS) is 23.6. The molecule has 0 unspecified atom stereocenters. The molecule has 2 aliphatic heterocycles. The van der Waals surface area contributed by atoms with E-state index in [-0.39, 0.29) is 17.3 Å². The van der Waals surface area contributed by atoms with Gasteiger partial charge in [-0.1, -0.05) is 35.9 Å². The number of halogens is 1. The van der Waals surface area contributed by atoms with Gasteiger partial charge in [0.1, 0.15) is 5.82 Å². The van der Waals surface area contributed by atoms with E-state index in [4.69, 9.17) is 0 Å². The fourth-order valence-electron chi connectivity index (χ4n) is 5.25. The molecule has 2 saturated heterocycles. The van der Waals surface area contributed by atoms with Crippen molar-refractivity contribution in [2.24, 2.45) is 5.92 Å². The number of piperidine rings is 1. The lowest BCUT2D eigenvalue weighted by Gasteiger charge is -2.42. The van der Waals surface area contributed by atoms with E-state index in [0.29, 0.717) is 18.4 Å². The summed E-state index contributed by atoms with van der Waals surface area (Å²) in [4.78, 5) is 17.3. The molecule has 3 nitrogen and oxygen atoms in total. The zero-order chi connectivity index (χ0) is 19.9. The van der Waals surface area contributed by atoms with Gasteiger partial charge in [0.15, 0.2) is 0 Å². The van der Waals surface area contributed by atoms with Crippen molar-refractivity contribution in [2.45, 2.75) is 51.6 Å². The van der Waals surface area contributed by atoms with Gasteiger partial charge in [-0.3, -0.25) is 4.79 Å². The average Bonchev–Trinajstić information content (AvgIpc) is 2.90. The number of hydrogen-bond acceptors (Lipinski definition) is 2. The molecule has 1 amide bonds. The summed E-state index contributed by atoms with van der Waals surface area (Å²) < 4.78 is 13.8. The Morgan fingerprint density at radius 3 is 2.71 bits per heavy atom. The molecule has 2 aliphatic rings. The first kappa shape index (κ1) is 19.0. The quantitative estimate of drug-likeness (QED) is 0.778. The molecule has 0 bridgehead atoms. The van der Waals surface area contributed by atoms with Crippen LogP contribution >= 0.6 is 0 Å². The molecule has 0 radical (unpaired) electrons. The highest BCUT2D eigenvalue weighted by Gasteiger charge is 2.48. The second kappa shape index (κ2) is 7.23. The molecule has 0 saturated carbocycles. The summed E-state index contributed by atoms with van der Waals surface area (Å²) in [7, 11) is 0. The number of amides is 1. The predicted molar refractivity (Wildman–Crippen MR) is 111 cm³/mol. The molecule has 2 heterocycles. The lowest BCUT2D eigenvalue weighted by molar-refractivity contribution is -0.132. The van der Waals surface area contributed by atoms with Crippen LogP contribution in [0.2, 0.25) is 0 Å². The minimum absolute atomic E-state index is 0.0429. The third kappa shape index (κ3) is 3.65. The van der Waals surface area contributed by atoms with Crippen LogP contribution in [0, 0.1) is 18.7 Å². The van der Waals surface area contributed by atoms with E-state index < -0.39 is 0 Å². The minimum atomic E-state index is -0.192. The third-order valence-electron chi connectivity index (χ3n) is 6.32. The molecule has 28 heavy (non-hydrogen) atoms. The maximum Gasteiger partial charge on any atom is 0.227 e. The molecule has 148 valence electrons. The number of fused-ring (bicyclic) bond motifs is 1. The summed E-state index contributed by atoms with van der Waals surface area (Å²) in [5, 5.41) is 0. The third-order valence-corrected chi connectivity index (χ3v) is 6.32. The first-order chi connectivity index (χ1) is 13.3. The molecule has 2 aromatic carbocycles. The van der Waals surface area contributed by atoms with Crippen LogP contribution in [0.1, 0.15) is 37.8 Å². The number of anilines is 1. The molecule has 0 aliphatic carbocycles. The lowest BCUT2D eigenvalue weighted by atomic mass is 9.89. The fraction of sp³-hybridized carbons (Fsp3) is 0.458. The molecular weight excluding hydrogens is 351 g/mol. The maximum atomic E-state index is 13.8. The largest absolute Gasteiger partial charge is 0.363 e. The second-order valence-corrected chi connectivity index (χ2v) is 8.99. The van der Waals surface area contributed by atoms with Gasteiger partial charge in [-0.2, -0.15) is 0 Å². The lowest BCUT2D eigenvalue weighted by Crippen LogP contribution is -2.50. The zero-order valence-corrected chi connectivity index (χ0v) is 17.0. The molecule has 0 N–H and O–H groups in total. The summed E-state index contributed by atoms with van der Waals surface area (Å²) >= 11 is 0. The number of carbonyl (C=O) groups is 1. The Balaban J connectivity index is 1.48. The number of aryl methyl sites for hydroxylation is 1. The predicted octanol–water partition coefficient (Wildman–Crippen LogP) is 4.58. The highest BCUT2D eigenvalue weighted by atomic mass is 19.1. The molecule has 2 aromatic rings. The van der Waals surface area contributed by atoms with Crippen LogP contribution in [0.3, 0.4) is 0 Å². The Bertz CT molecular complexity index is 878. The van der Waals surface area contributed by atoms with Crippen molar-refractivity contribution in [3.8, 4) is 0 Å². The van der Waals surface area contributed by atoms with E-state index in [1.165, 1.54) is 11.6 Å². The van der Waals surface area contributed by atoms with Crippen LogP contribution < -0.4 is 4.90 Å². The van der Waals surface area contributed by atoms with Gasteiger partial charge >= 0.3 is 0 Å². The number of likely N-dealkylation sites (tertiary alicyclic amines) is 1. The summed E-state index contributed by atoms with van der Waals surface area (Å²) in [6.45, 7) is 8.09. The number of nitrogens with zero attached hydrogens (tertiary/aromatic N) is 2. The zero-order valence-electron chi connectivity index (χ0n) is 17.0. The van der Waals surface area contributed by atoms with Gasteiger partial charge in [0.05, 0.1) is 6.42 Å². The van der Waals surface area contributed by atoms with Gasteiger partial charge < -0.3 is 9.80 Å². The maximum absolute atomic E-state index is 13.8. The van der Waals surface area contributed by atoms with Crippen LogP contribution in [0.25, 0.3) is 0 Å². The first-order valence-corrected chi connectivity index (χ1v) is 10.2. The van der Waals surface area contributed by atoms with Crippen molar-refractivity contribution in [2.75, 3.05) is 18.0 Å². The second-order valence-electron chi connectivity index (χ2n) is 8.99. The highest BCUT2D eigenvalue weighted by Crippen LogP contribution is 2.44. The van der Waals surface area contributed by atoms with E-state index in [1.807, 2.05) is 23.1 Å². The number of benzene rings is 2. The Hall–Kier alpha value is -2.36. The monoisotopic (exact) mass is 380 g/mol. The van der Waals surface area contributed by atoms with E-state index >= 15 is 0 Å². The Labute approximate surface area is 167 Å². The van der Waals surface area contributed by atoms with Crippen LogP contribution in [0.4, 0.5) is 10.1 Å². The van der Waals surface area contributed by atoms with Gasteiger partial charge in [-0.15, -0.1) is 0 Å². The summed E-state index contributed by atoms with van der Waals surface area (Å²) in [5.41, 5.74) is 3.18. The number of hydrogen-bond donors (Lipinski definition) is 0. The Morgan fingerprint density at radius 2 is 1.96 bits per heavy atom. The van der Waals surface area contributed by atoms with E-state index in [0.717, 1.165) is 37.2 Å². The molecule has 2 fully saturated rings. The van der Waals surface area contributed by atoms with Gasteiger partial charge in [-0.05, 0) is 63.3 Å². The Morgan fingerprint density at radius 1 is 1.18 bits per heavy atom. The van der Waals surface area contributed by atoms with E-state index in [9.17, 15) is 9.18 Å². The van der Waals surface area contributed by atoms with Crippen molar-refractivity contribution in [3.05, 3.63) is 65.5 Å². The molecular formula is C24H29FN2O. The van der Waals surface area contributed by atoms with Gasteiger partial charge in [0.25, 0.3) is 0 Å². The van der Waals surface area contributed by atoms with Crippen LogP contribution in [0.15, 0.2) is 48.5 Å². The fourth-order valence-corrected chi connectivity index (χ4v) is 5.25. The molecule has 2 atom stereocenters. The standard InChI is InChI=1S/C24H29FN2O/c1-17-6-4-7-18(12-17)13-23(28)26-11-10-22-19(16-26)15-24(2,3)27(22)21-9-5-8-20(25)14-21/h4-9,12,14,19,22H,10-11,13,15-16H2,1-3H3/t19-,22+/m1/s1. The highest BCUT2D eigenvalue weighted by molar-refractivity contribution is 5.79. The van der Waals surface area contributed by atoms with Crippen molar-refractivity contribution in [1.82, 2.24) is 4.90 Å². The number of rotatable bonds is 3. The smallest absolute Gasteiger partial charge is 0.227 e. The van der Waals surface area contributed by atoms with Gasteiger partial charge in [0, 0.05) is 30.4 Å². The number of carbonyl (C=O) groups excluding carboxylic acids is 1. The topological polar surface area (TPSA) is 23.6 Å². The van der Waals surface area contributed by atoms with Crippen molar-refractivity contribution in [1.29, 1.82) is 0 Å². The van der Waals surface area contributed by atoms with E-state index in [1.54, 1.807) is 12.1 Å². The molecule has 4 heteroatoms. The molecule has 4 rings (SSSR count). The summed E-state index contributed by atoms with van der Waals surface area (Å²) in [6.07, 6.45) is 2.42. The average molecular weight is 381 g/mol. The molecule has 0 spiro atoms. The SMILES string of the molecule is Cc1cccc(CC(=O)N2CC[C@H]3[C@@H](C2)CC(C)(C)N3c2cccc(F)c2)c1. The van der Waals surface area contributed by atoms with Crippen LogP contribution in [-0.4, -0.2) is 35.5 Å². The summed E-state index contributed by atoms with van der Waals surface area (Å²) in [6, 6.07) is 15.5. The van der Waals surface area contributed by atoms with Crippen molar-refractivity contribution >= 4 is 11.6 Å². The van der Waals surface area contributed by atoms with Crippen molar-refractivity contribution < 1.29 is 9.18 Å². The minimum Gasteiger partial charge on any atom is -0.363 e. The summed E-state index contributed by atoms with van der Waals surface area (Å²) in [5.74, 6) is 0.446. The van der Waals surface area contributed by atoms with Crippen LogP contribution in [-0.2, 0) is 11.2 Å². The first-order valence-electron chi connectivity index (χ1n) is 10.2. The van der Waals surface area contributed by atoms with Crippen molar-refractivity contribution in [3.63, 3.8) is 0 Å². The molecule has 0 aromatic heterocycles. The Kier molecular flexibility index (Phi) is 4.90. The van der Waals surface area contributed by atoms with Gasteiger partial charge in [-0.25, -0.2) is 4.39 Å².